The Morgan fingerprint density at radius 1 is 1.15 bits per heavy atom. The third kappa shape index (κ3) is 2.42. The number of hydrogen-bond donors (Lipinski definition) is 1. The molecule has 0 radical (unpaired) electrons. The van der Waals surface area contributed by atoms with Crippen molar-refractivity contribution < 1.29 is 9.59 Å². The van der Waals surface area contributed by atoms with Gasteiger partial charge in [-0.2, -0.15) is 0 Å². The molecule has 2 amide bonds. The van der Waals surface area contributed by atoms with Crippen LogP contribution in [0.2, 0.25) is 0 Å². The molecule has 0 saturated carbocycles. The Morgan fingerprint density at radius 3 is 2.30 bits per heavy atom. The third-order valence-corrected chi connectivity index (χ3v) is 4.34. The van der Waals surface area contributed by atoms with Crippen LogP contribution in [0.4, 0.5) is 0 Å². The maximum atomic E-state index is 12.6. The average Bonchev–Trinajstić information content (AvgIpc) is 2.48. The zero-order valence-corrected chi connectivity index (χ0v) is 12.3. The molecule has 0 aliphatic carbocycles. The maximum Gasteiger partial charge on any atom is 0.248 e. The Hall–Kier alpha value is -1.84. The summed E-state index contributed by atoms with van der Waals surface area (Å²) in [4.78, 5) is 26.6. The standard InChI is InChI=1S/C16H22N2O2/c1-4-16(5-2)15(20)18(3)13(14(19)17-16)11-12-9-7-6-8-10-12/h6-10,13H,4-5,11H2,1-3H3,(H,17,19). The minimum Gasteiger partial charge on any atom is -0.340 e. The molecule has 1 heterocycles. The molecule has 108 valence electrons. The molecule has 1 atom stereocenters. The highest BCUT2D eigenvalue weighted by molar-refractivity contribution is 5.99. The second-order valence-corrected chi connectivity index (χ2v) is 5.40. The van der Waals surface area contributed by atoms with Crippen molar-refractivity contribution in [2.45, 2.75) is 44.7 Å². The van der Waals surface area contributed by atoms with Gasteiger partial charge in [0.15, 0.2) is 0 Å². The highest BCUT2D eigenvalue weighted by Crippen LogP contribution is 2.25. The third-order valence-electron chi connectivity index (χ3n) is 4.34. The summed E-state index contributed by atoms with van der Waals surface area (Å²) in [5.74, 6) is -0.0392. The Morgan fingerprint density at radius 2 is 1.75 bits per heavy atom. The molecule has 2 rings (SSSR count). The number of carbonyl (C=O) groups excluding carboxylic acids is 2. The molecule has 0 bridgehead atoms. The van der Waals surface area contributed by atoms with E-state index >= 15 is 0 Å². The van der Waals surface area contributed by atoms with Crippen molar-refractivity contribution in [3.05, 3.63) is 35.9 Å². The summed E-state index contributed by atoms with van der Waals surface area (Å²) in [6.07, 6.45) is 1.80. The lowest BCUT2D eigenvalue weighted by Crippen LogP contribution is -2.69. The van der Waals surface area contributed by atoms with Crippen molar-refractivity contribution in [3.8, 4) is 0 Å². The van der Waals surface area contributed by atoms with Gasteiger partial charge in [-0.15, -0.1) is 0 Å². The zero-order chi connectivity index (χ0) is 14.8. The van der Waals surface area contributed by atoms with Crippen LogP contribution >= 0.6 is 0 Å². The van der Waals surface area contributed by atoms with Gasteiger partial charge in [-0.25, -0.2) is 0 Å². The van der Waals surface area contributed by atoms with E-state index in [1.165, 1.54) is 0 Å². The molecule has 1 N–H and O–H groups in total. The van der Waals surface area contributed by atoms with Crippen LogP contribution in [0.3, 0.4) is 0 Å². The molecule has 1 aliphatic heterocycles. The van der Waals surface area contributed by atoms with Crippen LogP contribution in [0.25, 0.3) is 0 Å². The van der Waals surface area contributed by atoms with Gasteiger partial charge in [0.1, 0.15) is 11.6 Å². The first-order valence-corrected chi connectivity index (χ1v) is 7.17. The van der Waals surface area contributed by atoms with Gasteiger partial charge >= 0.3 is 0 Å². The number of amides is 2. The Bertz CT molecular complexity index is 494. The summed E-state index contributed by atoms with van der Waals surface area (Å²) >= 11 is 0. The highest BCUT2D eigenvalue weighted by atomic mass is 16.2. The van der Waals surface area contributed by atoms with E-state index < -0.39 is 11.6 Å². The van der Waals surface area contributed by atoms with E-state index in [4.69, 9.17) is 0 Å². The van der Waals surface area contributed by atoms with Crippen molar-refractivity contribution in [1.82, 2.24) is 10.2 Å². The van der Waals surface area contributed by atoms with E-state index in [0.29, 0.717) is 19.3 Å². The van der Waals surface area contributed by atoms with Crippen molar-refractivity contribution in [2.75, 3.05) is 7.05 Å². The highest BCUT2D eigenvalue weighted by Gasteiger charge is 2.47. The van der Waals surface area contributed by atoms with Gasteiger partial charge in [-0.3, -0.25) is 9.59 Å². The van der Waals surface area contributed by atoms with Gasteiger partial charge in [0.25, 0.3) is 0 Å². The first kappa shape index (κ1) is 14.6. The topological polar surface area (TPSA) is 49.4 Å². The van der Waals surface area contributed by atoms with Crippen molar-refractivity contribution in [1.29, 1.82) is 0 Å². The maximum absolute atomic E-state index is 12.6. The monoisotopic (exact) mass is 274 g/mol. The summed E-state index contributed by atoms with van der Waals surface area (Å²) in [6, 6.07) is 9.37. The summed E-state index contributed by atoms with van der Waals surface area (Å²) in [7, 11) is 1.73. The van der Waals surface area contributed by atoms with Gasteiger partial charge < -0.3 is 10.2 Å². The number of nitrogens with zero attached hydrogens (tertiary/aromatic N) is 1. The fraction of sp³-hybridized carbons (Fsp3) is 0.500. The van der Waals surface area contributed by atoms with Gasteiger partial charge in [-0.05, 0) is 18.4 Å². The predicted molar refractivity (Wildman–Crippen MR) is 78.2 cm³/mol. The quantitative estimate of drug-likeness (QED) is 0.909. The minimum atomic E-state index is -0.723. The summed E-state index contributed by atoms with van der Waals surface area (Å²) in [6.45, 7) is 3.88. The van der Waals surface area contributed by atoms with E-state index in [-0.39, 0.29) is 11.8 Å². The molecular weight excluding hydrogens is 252 g/mol. The number of hydrogen-bond acceptors (Lipinski definition) is 2. The summed E-state index contributed by atoms with van der Waals surface area (Å²) in [5.41, 5.74) is 0.340. The second-order valence-electron chi connectivity index (χ2n) is 5.40. The normalized spacial score (nSPS) is 21.8. The Labute approximate surface area is 120 Å². The van der Waals surface area contributed by atoms with E-state index in [0.717, 1.165) is 5.56 Å². The molecule has 20 heavy (non-hydrogen) atoms. The van der Waals surface area contributed by atoms with E-state index in [9.17, 15) is 9.59 Å². The largest absolute Gasteiger partial charge is 0.340 e. The fourth-order valence-electron chi connectivity index (χ4n) is 2.82. The molecular formula is C16H22N2O2. The lowest BCUT2D eigenvalue weighted by Gasteiger charge is -2.44. The molecule has 1 unspecified atom stereocenters. The van der Waals surface area contributed by atoms with Crippen LogP contribution in [0, 0.1) is 0 Å². The smallest absolute Gasteiger partial charge is 0.248 e. The molecule has 1 aromatic carbocycles. The number of likely N-dealkylation sites (N-methyl/N-ethyl adjacent to an activating group) is 1. The van der Waals surface area contributed by atoms with Crippen molar-refractivity contribution in [3.63, 3.8) is 0 Å². The molecule has 4 heteroatoms. The first-order chi connectivity index (χ1) is 9.54. The zero-order valence-electron chi connectivity index (χ0n) is 12.3. The van der Waals surface area contributed by atoms with E-state index in [1.807, 2.05) is 44.2 Å². The van der Waals surface area contributed by atoms with Crippen LogP contribution in [0.15, 0.2) is 30.3 Å². The number of rotatable bonds is 4. The van der Waals surface area contributed by atoms with Crippen molar-refractivity contribution >= 4 is 11.8 Å². The Balaban J connectivity index is 2.21. The molecule has 1 aromatic rings. The molecule has 1 fully saturated rings. The second kappa shape index (κ2) is 5.65. The summed E-state index contributed by atoms with van der Waals surface area (Å²) in [5, 5.41) is 2.95. The predicted octanol–water partition coefficient (Wildman–Crippen LogP) is 1.74. The number of carbonyl (C=O) groups is 2. The number of nitrogens with one attached hydrogen (secondary N) is 1. The van der Waals surface area contributed by atoms with E-state index in [1.54, 1.807) is 11.9 Å². The average molecular weight is 274 g/mol. The number of benzene rings is 1. The van der Waals surface area contributed by atoms with Gasteiger partial charge in [0, 0.05) is 13.5 Å². The first-order valence-electron chi connectivity index (χ1n) is 7.17. The SMILES string of the molecule is CCC1(CC)NC(=O)C(Cc2ccccc2)N(C)C1=O. The van der Waals surface area contributed by atoms with Crippen molar-refractivity contribution in [2.24, 2.45) is 0 Å². The molecule has 0 aromatic heterocycles. The molecule has 4 nitrogen and oxygen atoms in total. The van der Waals surface area contributed by atoms with Crippen LogP contribution in [-0.2, 0) is 16.0 Å². The van der Waals surface area contributed by atoms with Crippen LogP contribution < -0.4 is 5.32 Å². The lowest BCUT2D eigenvalue weighted by atomic mass is 9.86. The van der Waals surface area contributed by atoms with Crippen LogP contribution in [0.1, 0.15) is 32.3 Å². The van der Waals surface area contributed by atoms with Crippen LogP contribution in [-0.4, -0.2) is 35.3 Å². The minimum absolute atomic E-state index is 0.0167. The van der Waals surface area contributed by atoms with Gasteiger partial charge in [0.2, 0.25) is 11.8 Å². The van der Waals surface area contributed by atoms with Gasteiger partial charge in [0.05, 0.1) is 0 Å². The Kier molecular flexibility index (Phi) is 4.12. The van der Waals surface area contributed by atoms with Gasteiger partial charge in [-0.1, -0.05) is 44.2 Å². The molecule has 1 saturated heterocycles. The number of piperazine rings is 1. The molecule has 0 spiro atoms. The fourth-order valence-corrected chi connectivity index (χ4v) is 2.82. The molecule has 1 aliphatic rings. The van der Waals surface area contributed by atoms with E-state index in [2.05, 4.69) is 5.32 Å². The summed E-state index contributed by atoms with van der Waals surface area (Å²) < 4.78 is 0. The van der Waals surface area contributed by atoms with Crippen LogP contribution in [0.5, 0.6) is 0 Å². The lowest BCUT2D eigenvalue weighted by molar-refractivity contribution is -0.153.